The molecule has 0 saturated heterocycles. The van der Waals surface area contributed by atoms with E-state index in [1.165, 1.54) is 37.7 Å². The molecular formula is C26H33N3O. The van der Waals surface area contributed by atoms with Gasteiger partial charge < -0.3 is 16.0 Å². The number of carbonyl (C=O) groups excluding carboxylic acids is 1. The Morgan fingerprint density at radius 2 is 1.60 bits per heavy atom. The van der Waals surface area contributed by atoms with Crippen LogP contribution in [0.25, 0.3) is 0 Å². The first-order valence-corrected chi connectivity index (χ1v) is 11.7. The Hall–Kier alpha value is -2.49. The highest BCUT2D eigenvalue weighted by Gasteiger charge is 2.48. The van der Waals surface area contributed by atoms with Crippen molar-refractivity contribution in [3.8, 4) is 0 Å². The van der Waals surface area contributed by atoms with Gasteiger partial charge >= 0.3 is 0 Å². The van der Waals surface area contributed by atoms with Gasteiger partial charge in [0.05, 0.1) is 11.4 Å². The van der Waals surface area contributed by atoms with Gasteiger partial charge in [0.2, 0.25) is 0 Å². The molecule has 4 aliphatic carbocycles. The summed E-state index contributed by atoms with van der Waals surface area (Å²) in [4.78, 5) is 12.4. The van der Waals surface area contributed by atoms with Gasteiger partial charge in [0.1, 0.15) is 0 Å². The number of nitrogens with one attached hydrogen (secondary N) is 3. The number of hydrogen-bond acceptors (Lipinski definition) is 3. The molecule has 4 heteroatoms. The van der Waals surface area contributed by atoms with Gasteiger partial charge in [0.25, 0.3) is 5.91 Å². The maximum Gasteiger partial charge on any atom is 0.251 e. The smallest absolute Gasteiger partial charge is 0.251 e. The van der Waals surface area contributed by atoms with Crippen LogP contribution in [0.1, 0.15) is 54.9 Å². The summed E-state index contributed by atoms with van der Waals surface area (Å²) in [6, 6.07) is 17.1. The van der Waals surface area contributed by atoms with Crippen molar-refractivity contribution >= 4 is 17.3 Å². The molecule has 4 bridgehead atoms. The van der Waals surface area contributed by atoms with Gasteiger partial charge in [-0.3, -0.25) is 4.79 Å². The monoisotopic (exact) mass is 403 g/mol. The lowest BCUT2D eigenvalue weighted by Crippen LogP contribution is -2.51. The largest absolute Gasteiger partial charge is 0.380 e. The highest BCUT2D eigenvalue weighted by atomic mass is 16.1. The molecule has 30 heavy (non-hydrogen) atoms. The van der Waals surface area contributed by atoms with Crippen LogP contribution < -0.4 is 16.0 Å². The average Bonchev–Trinajstić information content (AvgIpc) is 2.75. The lowest BCUT2D eigenvalue weighted by atomic mass is 9.54. The summed E-state index contributed by atoms with van der Waals surface area (Å²) in [5.74, 6) is 3.56. The average molecular weight is 404 g/mol. The minimum atomic E-state index is -0.0126. The van der Waals surface area contributed by atoms with E-state index in [1.807, 2.05) is 25.1 Å². The molecule has 0 aromatic heterocycles. The third-order valence-corrected chi connectivity index (χ3v) is 7.49. The zero-order chi connectivity index (χ0) is 20.5. The minimum Gasteiger partial charge on any atom is -0.380 e. The summed E-state index contributed by atoms with van der Waals surface area (Å²) >= 11 is 0. The van der Waals surface area contributed by atoms with E-state index in [1.54, 1.807) is 0 Å². The normalized spacial score (nSPS) is 28.9. The zero-order valence-electron chi connectivity index (χ0n) is 17.9. The van der Waals surface area contributed by atoms with Crippen LogP contribution in [0.5, 0.6) is 0 Å². The third-order valence-electron chi connectivity index (χ3n) is 7.49. The second-order valence-electron chi connectivity index (χ2n) is 9.56. The molecule has 1 amide bonds. The van der Waals surface area contributed by atoms with Crippen LogP contribution in [0, 0.1) is 23.7 Å². The zero-order valence-corrected chi connectivity index (χ0v) is 17.9. The Morgan fingerprint density at radius 3 is 2.27 bits per heavy atom. The highest BCUT2D eigenvalue weighted by Crippen LogP contribution is 2.54. The Balaban J connectivity index is 1.38. The number of hydrogen-bond donors (Lipinski definition) is 3. The molecular weight excluding hydrogens is 370 g/mol. The summed E-state index contributed by atoms with van der Waals surface area (Å²) in [6.07, 6.45) is 7.07. The summed E-state index contributed by atoms with van der Waals surface area (Å²) < 4.78 is 0. The van der Waals surface area contributed by atoms with Crippen LogP contribution >= 0.6 is 0 Å². The van der Waals surface area contributed by atoms with Crippen LogP contribution in [0.2, 0.25) is 0 Å². The fourth-order valence-corrected chi connectivity index (χ4v) is 6.35. The van der Waals surface area contributed by atoms with Gasteiger partial charge in [-0.05, 0) is 86.5 Å². The van der Waals surface area contributed by atoms with Crippen molar-refractivity contribution in [1.82, 2.24) is 5.32 Å². The van der Waals surface area contributed by atoms with Crippen molar-refractivity contribution in [2.75, 3.05) is 17.2 Å². The summed E-state index contributed by atoms with van der Waals surface area (Å²) in [6.45, 7) is 3.34. The van der Waals surface area contributed by atoms with Gasteiger partial charge in [-0.1, -0.05) is 30.3 Å². The molecule has 3 N–H and O–H groups in total. The molecule has 0 unspecified atom stereocenters. The van der Waals surface area contributed by atoms with Crippen LogP contribution in [0.15, 0.2) is 48.5 Å². The first-order valence-electron chi connectivity index (χ1n) is 11.7. The summed E-state index contributed by atoms with van der Waals surface area (Å²) in [5.41, 5.74) is 4.11. The van der Waals surface area contributed by atoms with Gasteiger partial charge in [-0.15, -0.1) is 0 Å². The molecule has 4 fully saturated rings. The number of benzene rings is 2. The van der Waals surface area contributed by atoms with E-state index >= 15 is 0 Å². The van der Waals surface area contributed by atoms with Gasteiger partial charge in [-0.25, -0.2) is 0 Å². The van der Waals surface area contributed by atoms with Crippen molar-refractivity contribution in [3.63, 3.8) is 0 Å². The predicted molar refractivity (Wildman–Crippen MR) is 123 cm³/mol. The Labute approximate surface area is 179 Å². The fourth-order valence-electron chi connectivity index (χ4n) is 6.35. The van der Waals surface area contributed by atoms with E-state index in [4.69, 9.17) is 0 Å². The van der Waals surface area contributed by atoms with Crippen molar-refractivity contribution < 1.29 is 4.79 Å². The molecule has 158 valence electrons. The first kappa shape index (κ1) is 19.5. The van der Waals surface area contributed by atoms with Gasteiger partial charge in [0, 0.05) is 24.7 Å². The van der Waals surface area contributed by atoms with Crippen molar-refractivity contribution in [2.24, 2.45) is 23.7 Å². The minimum absolute atomic E-state index is 0.0126. The standard InChI is InChI=1S/C26H33N3O/c1-2-27-26(30)20-8-9-23(24(15-20)28-16-17-6-4-3-5-7-17)29-25-21-11-18-10-19(13-21)14-22(25)12-18/h3-9,15,18-19,21-22,25,28-29H,2,10-14,16H2,1H3,(H,27,30). The van der Waals surface area contributed by atoms with Gasteiger partial charge in [0.15, 0.2) is 0 Å². The maximum absolute atomic E-state index is 12.4. The molecule has 0 aliphatic heterocycles. The van der Waals surface area contributed by atoms with Gasteiger partial charge in [-0.2, -0.15) is 0 Å². The van der Waals surface area contributed by atoms with E-state index in [2.05, 4.69) is 46.3 Å². The molecule has 0 heterocycles. The molecule has 4 nitrogen and oxygen atoms in total. The maximum atomic E-state index is 12.4. The van der Waals surface area contributed by atoms with E-state index in [-0.39, 0.29) is 5.91 Å². The molecule has 4 saturated carbocycles. The number of rotatable bonds is 7. The third kappa shape index (κ3) is 3.92. The molecule has 2 aromatic rings. The first-order chi connectivity index (χ1) is 14.7. The van der Waals surface area contributed by atoms with Crippen LogP contribution in [0.4, 0.5) is 11.4 Å². The summed E-state index contributed by atoms with van der Waals surface area (Å²) in [7, 11) is 0. The second-order valence-corrected chi connectivity index (χ2v) is 9.56. The predicted octanol–water partition coefficient (Wildman–Crippen LogP) is 5.29. The highest BCUT2D eigenvalue weighted by molar-refractivity contribution is 5.96. The second kappa shape index (κ2) is 8.33. The van der Waals surface area contributed by atoms with Crippen LogP contribution in [-0.2, 0) is 6.54 Å². The SMILES string of the molecule is CCNC(=O)c1ccc(NC2C3CC4CC(C3)CC2C4)c(NCc2ccccc2)c1. The Bertz CT molecular complexity index is 866. The summed E-state index contributed by atoms with van der Waals surface area (Å²) in [5, 5.41) is 10.4. The Kier molecular flexibility index (Phi) is 5.41. The molecule has 0 atom stereocenters. The molecule has 2 aromatic carbocycles. The number of anilines is 2. The molecule has 4 aliphatic rings. The fraction of sp³-hybridized carbons (Fsp3) is 0.500. The topological polar surface area (TPSA) is 53.2 Å². The molecule has 6 rings (SSSR count). The number of carbonyl (C=O) groups is 1. The van der Waals surface area contributed by atoms with Crippen LogP contribution in [-0.4, -0.2) is 18.5 Å². The Morgan fingerprint density at radius 1 is 0.900 bits per heavy atom. The van der Waals surface area contributed by atoms with Crippen molar-refractivity contribution in [2.45, 2.75) is 51.6 Å². The lowest BCUT2D eigenvalue weighted by Gasteiger charge is -2.54. The van der Waals surface area contributed by atoms with Crippen molar-refractivity contribution in [3.05, 3.63) is 59.7 Å². The van der Waals surface area contributed by atoms with E-state index in [0.29, 0.717) is 18.2 Å². The molecule has 0 radical (unpaired) electrons. The van der Waals surface area contributed by atoms with Crippen molar-refractivity contribution in [1.29, 1.82) is 0 Å². The lowest BCUT2D eigenvalue weighted by molar-refractivity contribution is 0.00756. The number of amides is 1. The van der Waals surface area contributed by atoms with Crippen LogP contribution in [0.3, 0.4) is 0 Å². The molecule has 0 spiro atoms. The quantitative estimate of drug-likeness (QED) is 0.589. The van der Waals surface area contributed by atoms with E-state index in [9.17, 15) is 4.79 Å². The van der Waals surface area contributed by atoms with E-state index in [0.717, 1.165) is 41.6 Å². The van der Waals surface area contributed by atoms with E-state index < -0.39 is 0 Å².